The van der Waals surface area contributed by atoms with E-state index in [1.165, 1.54) is 13.0 Å². The predicted octanol–water partition coefficient (Wildman–Crippen LogP) is 1.12. The van der Waals surface area contributed by atoms with Gasteiger partial charge in [-0.2, -0.15) is 0 Å². The van der Waals surface area contributed by atoms with Gasteiger partial charge in [-0.05, 0) is 42.8 Å². The molecular weight excluding hydrogens is 321 g/mol. The summed E-state index contributed by atoms with van der Waals surface area (Å²) in [6.07, 6.45) is 1.60. The molecule has 1 aromatic heterocycles. The molecule has 0 radical (unpaired) electrons. The van der Waals surface area contributed by atoms with Crippen molar-refractivity contribution in [1.29, 1.82) is 0 Å². The quantitative estimate of drug-likeness (QED) is 0.827. The van der Waals surface area contributed by atoms with Crippen LogP contribution in [0.25, 0.3) is 0 Å². The van der Waals surface area contributed by atoms with E-state index in [-0.39, 0.29) is 17.0 Å². The fourth-order valence-corrected chi connectivity index (χ4v) is 3.11. The number of hydrogen-bond donors (Lipinski definition) is 2. The number of hydrogen-bond acceptors (Lipinski definition) is 4. The van der Waals surface area contributed by atoms with E-state index in [1.54, 1.807) is 24.4 Å². The number of aryl methyl sites for hydroxylation is 1. The van der Waals surface area contributed by atoms with Gasteiger partial charge in [-0.3, -0.25) is 9.78 Å². The van der Waals surface area contributed by atoms with Crippen LogP contribution in [0.1, 0.15) is 11.3 Å². The van der Waals surface area contributed by atoms with E-state index < -0.39 is 28.3 Å². The number of carbonyl (C=O) groups excluding carboxylic acids is 1. The van der Waals surface area contributed by atoms with Gasteiger partial charge in [0.1, 0.15) is 5.82 Å². The van der Waals surface area contributed by atoms with E-state index in [0.29, 0.717) is 5.69 Å². The predicted molar refractivity (Wildman–Crippen MR) is 82.4 cm³/mol. The Morgan fingerprint density at radius 1 is 1.26 bits per heavy atom. The van der Waals surface area contributed by atoms with Crippen LogP contribution in [0.2, 0.25) is 0 Å². The number of amides is 1. The molecule has 2 N–H and O–H groups in total. The standard InChI is InChI=1S/C15H16FN3O3S/c1-11-8-12(16)5-6-14(11)23(21,22)19-10-15(20)18-9-13-4-2-3-7-17-13/h2-8,19H,9-10H2,1H3,(H,18,20). The van der Waals surface area contributed by atoms with Crippen molar-refractivity contribution in [1.82, 2.24) is 15.0 Å². The first-order valence-electron chi connectivity index (χ1n) is 6.81. The first-order chi connectivity index (χ1) is 10.9. The van der Waals surface area contributed by atoms with Crippen LogP contribution in [-0.4, -0.2) is 25.9 Å². The van der Waals surface area contributed by atoms with Crippen LogP contribution in [0.5, 0.6) is 0 Å². The zero-order chi connectivity index (χ0) is 16.9. The number of pyridine rings is 1. The molecule has 0 aliphatic heterocycles. The van der Waals surface area contributed by atoms with Gasteiger partial charge in [0.15, 0.2) is 0 Å². The van der Waals surface area contributed by atoms with Gasteiger partial charge in [-0.25, -0.2) is 17.5 Å². The molecule has 2 rings (SSSR count). The summed E-state index contributed by atoms with van der Waals surface area (Å²) in [5.74, 6) is -1.01. The smallest absolute Gasteiger partial charge is 0.241 e. The molecule has 122 valence electrons. The van der Waals surface area contributed by atoms with Crippen LogP contribution in [-0.2, 0) is 21.4 Å². The van der Waals surface area contributed by atoms with Gasteiger partial charge in [-0.15, -0.1) is 0 Å². The van der Waals surface area contributed by atoms with E-state index in [0.717, 1.165) is 12.1 Å². The zero-order valence-corrected chi connectivity index (χ0v) is 13.2. The van der Waals surface area contributed by atoms with Gasteiger partial charge in [0.05, 0.1) is 23.7 Å². The van der Waals surface area contributed by atoms with Gasteiger partial charge in [0.2, 0.25) is 15.9 Å². The SMILES string of the molecule is Cc1cc(F)ccc1S(=O)(=O)NCC(=O)NCc1ccccn1. The Kier molecular flexibility index (Phi) is 5.41. The number of nitrogens with one attached hydrogen (secondary N) is 2. The minimum atomic E-state index is -3.88. The van der Waals surface area contributed by atoms with Gasteiger partial charge in [0, 0.05) is 6.20 Å². The summed E-state index contributed by atoms with van der Waals surface area (Å²) >= 11 is 0. The molecule has 0 aliphatic carbocycles. The molecule has 2 aromatic rings. The lowest BCUT2D eigenvalue weighted by molar-refractivity contribution is -0.120. The second-order valence-electron chi connectivity index (χ2n) is 4.83. The van der Waals surface area contributed by atoms with Crippen molar-refractivity contribution >= 4 is 15.9 Å². The average molecular weight is 337 g/mol. The Morgan fingerprint density at radius 2 is 2.04 bits per heavy atom. The highest BCUT2D eigenvalue weighted by atomic mass is 32.2. The number of carbonyl (C=O) groups is 1. The molecule has 0 saturated carbocycles. The Labute approximate surface area is 133 Å². The van der Waals surface area contributed by atoms with Crippen molar-refractivity contribution in [2.45, 2.75) is 18.4 Å². The maximum atomic E-state index is 13.0. The summed E-state index contributed by atoms with van der Waals surface area (Å²) in [4.78, 5) is 15.7. The fourth-order valence-electron chi connectivity index (χ4n) is 1.91. The maximum Gasteiger partial charge on any atom is 0.241 e. The summed E-state index contributed by atoms with van der Waals surface area (Å²) in [7, 11) is -3.88. The summed E-state index contributed by atoms with van der Waals surface area (Å²) in [6.45, 7) is 1.28. The maximum absolute atomic E-state index is 13.0. The van der Waals surface area contributed by atoms with Crippen LogP contribution >= 0.6 is 0 Å². The number of nitrogens with zero attached hydrogens (tertiary/aromatic N) is 1. The number of aromatic nitrogens is 1. The van der Waals surface area contributed by atoms with Crippen LogP contribution in [0, 0.1) is 12.7 Å². The Morgan fingerprint density at radius 3 is 2.70 bits per heavy atom. The minimum absolute atomic E-state index is 0.0589. The summed E-state index contributed by atoms with van der Waals surface area (Å²) in [5, 5.41) is 2.56. The zero-order valence-electron chi connectivity index (χ0n) is 12.4. The second kappa shape index (κ2) is 7.30. The molecule has 0 unspecified atom stereocenters. The average Bonchev–Trinajstić information content (AvgIpc) is 2.51. The van der Waals surface area contributed by atoms with Crippen LogP contribution < -0.4 is 10.0 Å². The highest BCUT2D eigenvalue weighted by Gasteiger charge is 2.18. The normalized spacial score (nSPS) is 11.2. The van der Waals surface area contributed by atoms with Crippen molar-refractivity contribution in [3.05, 3.63) is 59.7 Å². The van der Waals surface area contributed by atoms with E-state index >= 15 is 0 Å². The largest absolute Gasteiger partial charge is 0.349 e. The number of rotatable bonds is 6. The number of halogens is 1. The summed E-state index contributed by atoms with van der Waals surface area (Å²) in [6, 6.07) is 8.63. The molecule has 0 saturated heterocycles. The van der Waals surface area contributed by atoms with Crippen molar-refractivity contribution in [3.8, 4) is 0 Å². The lowest BCUT2D eigenvalue weighted by atomic mass is 10.2. The lowest BCUT2D eigenvalue weighted by Crippen LogP contribution is -2.36. The van der Waals surface area contributed by atoms with Gasteiger partial charge in [-0.1, -0.05) is 6.07 Å². The van der Waals surface area contributed by atoms with Crippen molar-refractivity contribution in [2.24, 2.45) is 0 Å². The monoisotopic (exact) mass is 337 g/mol. The molecule has 0 bridgehead atoms. The molecule has 1 heterocycles. The number of sulfonamides is 1. The third-order valence-electron chi connectivity index (χ3n) is 3.04. The van der Waals surface area contributed by atoms with Crippen molar-refractivity contribution < 1.29 is 17.6 Å². The first kappa shape index (κ1) is 17.0. The van der Waals surface area contributed by atoms with Crippen molar-refractivity contribution in [2.75, 3.05) is 6.54 Å². The number of benzene rings is 1. The van der Waals surface area contributed by atoms with Gasteiger partial charge in [0.25, 0.3) is 0 Å². The molecule has 0 aliphatic rings. The first-order valence-corrected chi connectivity index (χ1v) is 8.29. The Bertz CT molecular complexity index is 795. The molecule has 8 heteroatoms. The third kappa shape index (κ3) is 4.83. The molecule has 23 heavy (non-hydrogen) atoms. The topological polar surface area (TPSA) is 88.2 Å². The highest BCUT2D eigenvalue weighted by Crippen LogP contribution is 2.15. The molecule has 0 atom stereocenters. The van der Waals surface area contributed by atoms with Crippen LogP contribution in [0.15, 0.2) is 47.5 Å². The fraction of sp³-hybridized carbons (Fsp3) is 0.200. The third-order valence-corrected chi connectivity index (χ3v) is 4.60. The Balaban J connectivity index is 1.92. The van der Waals surface area contributed by atoms with E-state index in [1.807, 2.05) is 0 Å². The van der Waals surface area contributed by atoms with Crippen molar-refractivity contribution in [3.63, 3.8) is 0 Å². The summed E-state index contributed by atoms with van der Waals surface area (Å²) in [5.41, 5.74) is 0.935. The molecule has 0 fully saturated rings. The molecular formula is C15H16FN3O3S. The molecule has 0 spiro atoms. The van der Waals surface area contributed by atoms with Gasteiger partial charge >= 0.3 is 0 Å². The van der Waals surface area contributed by atoms with Gasteiger partial charge < -0.3 is 5.32 Å². The summed E-state index contributed by atoms with van der Waals surface area (Å²) < 4.78 is 39.4. The Hall–Kier alpha value is -2.32. The lowest BCUT2D eigenvalue weighted by Gasteiger charge is -2.09. The van der Waals surface area contributed by atoms with E-state index in [2.05, 4.69) is 15.0 Å². The van der Waals surface area contributed by atoms with Crippen LogP contribution in [0.4, 0.5) is 4.39 Å². The minimum Gasteiger partial charge on any atom is -0.349 e. The molecule has 6 nitrogen and oxygen atoms in total. The van der Waals surface area contributed by atoms with Crippen LogP contribution in [0.3, 0.4) is 0 Å². The molecule has 1 aromatic carbocycles. The van der Waals surface area contributed by atoms with E-state index in [4.69, 9.17) is 0 Å². The second-order valence-corrected chi connectivity index (χ2v) is 6.57. The van der Waals surface area contributed by atoms with E-state index in [9.17, 15) is 17.6 Å². The molecule has 1 amide bonds. The highest BCUT2D eigenvalue weighted by molar-refractivity contribution is 7.89.